The predicted octanol–water partition coefficient (Wildman–Crippen LogP) is 5.19. The Labute approximate surface area is 212 Å². The van der Waals surface area contributed by atoms with Crippen LogP contribution in [0.4, 0.5) is 5.69 Å². The van der Waals surface area contributed by atoms with Gasteiger partial charge in [0.25, 0.3) is 0 Å². The number of nitrogens with one attached hydrogen (secondary N) is 1. The number of methoxy groups -OCH3 is 3. The van der Waals surface area contributed by atoms with E-state index in [0.29, 0.717) is 49.9 Å². The number of hydrogen-bond acceptors (Lipinski definition) is 7. The van der Waals surface area contributed by atoms with Gasteiger partial charge in [0, 0.05) is 42.9 Å². The van der Waals surface area contributed by atoms with E-state index in [0.717, 1.165) is 40.8 Å². The molecule has 0 unspecified atom stereocenters. The van der Waals surface area contributed by atoms with E-state index >= 15 is 0 Å². The topological polar surface area (TPSA) is 95.5 Å². The van der Waals surface area contributed by atoms with E-state index in [1.54, 1.807) is 21.3 Å². The summed E-state index contributed by atoms with van der Waals surface area (Å²) in [5.74, 6) is 1.06. The van der Waals surface area contributed by atoms with Crippen molar-refractivity contribution < 1.29 is 33.6 Å². The molecule has 2 aromatic rings. The van der Waals surface area contributed by atoms with Crippen molar-refractivity contribution >= 4 is 11.7 Å². The van der Waals surface area contributed by atoms with Gasteiger partial charge in [-0.25, -0.2) is 4.79 Å². The first-order chi connectivity index (χ1) is 17.4. The van der Waals surface area contributed by atoms with Crippen molar-refractivity contribution in [2.24, 2.45) is 0 Å². The Bertz CT molecular complexity index is 1070. The molecule has 2 aromatic carbocycles. The highest BCUT2D eigenvalue weighted by Crippen LogP contribution is 2.46. The van der Waals surface area contributed by atoms with E-state index in [1.807, 2.05) is 31.2 Å². The average Bonchev–Trinajstić information content (AvgIpc) is 3.41. The molecule has 1 saturated carbocycles. The third-order valence-corrected chi connectivity index (χ3v) is 7.38. The number of benzene rings is 2. The number of anilines is 1. The van der Waals surface area contributed by atoms with Gasteiger partial charge in [-0.2, -0.15) is 0 Å². The lowest BCUT2D eigenvalue weighted by atomic mass is 9.89. The standard InChI is InChI=1S/C28H37NO7/c1-18-24(32-2)16-23(26(34-4)25(18)33-3)22-10-9-20(15-19(22)17-36-21-7-5-6-8-21)29-28(27(30)31)11-13-35-14-12-28/h9-10,15-16,21,29H,5-8,11-14,17H2,1-4H3,(H,30,31). The fourth-order valence-corrected chi connectivity index (χ4v) is 5.27. The van der Waals surface area contributed by atoms with Gasteiger partial charge >= 0.3 is 5.97 Å². The van der Waals surface area contributed by atoms with Gasteiger partial charge in [0.05, 0.1) is 34.0 Å². The molecule has 0 radical (unpaired) electrons. The highest BCUT2D eigenvalue weighted by molar-refractivity contribution is 5.84. The van der Waals surface area contributed by atoms with Crippen molar-refractivity contribution in [3.8, 4) is 28.4 Å². The maximum absolute atomic E-state index is 12.2. The van der Waals surface area contributed by atoms with Crippen molar-refractivity contribution in [2.75, 3.05) is 39.9 Å². The molecule has 1 aliphatic carbocycles. The Morgan fingerprint density at radius 3 is 2.33 bits per heavy atom. The van der Waals surface area contributed by atoms with E-state index in [-0.39, 0.29) is 6.10 Å². The Kier molecular flexibility index (Phi) is 8.26. The average molecular weight is 500 g/mol. The van der Waals surface area contributed by atoms with Crippen LogP contribution in [0.5, 0.6) is 17.2 Å². The molecular weight excluding hydrogens is 462 g/mol. The predicted molar refractivity (Wildman–Crippen MR) is 137 cm³/mol. The summed E-state index contributed by atoms with van der Waals surface area (Å²) in [4.78, 5) is 12.2. The molecule has 0 atom stereocenters. The minimum Gasteiger partial charge on any atom is -0.496 e. The molecule has 4 rings (SSSR count). The smallest absolute Gasteiger partial charge is 0.329 e. The van der Waals surface area contributed by atoms with Crippen molar-refractivity contribution in [1.29, 1.82) is 0 Å². The molecule has 2 N–H and O–H groups in total. The number of aliphatic carboxylic acids is 1. The molecule has 36 heavy (non-hydrogen) atoms. The summed E-state index contributed by atoms with van der Waals surface area (Å²) in [5.41, 5.74) is 3.21. The van der Waals surface area contributed by atoms with Crippen molar-refractivity contribution in [3.63, 3.8) is 0 Å². The first-order valence-corrected chi connectivity index (χ1v) is 12.6. The third-order valence-electron chi connectivity index (χ3n) is 7.38. The fraction of sp³-hybridized carbons (Fsp3) is 0.536. The van der Waals surface area contributed by atoms with Crippen LogP contribution in [0.15, 0.2) is 24.3 Å². The minimum absolute atomic E-state index is 0.235. The lowest BCUT2D eigenvalue weighted by Gasteiger charge is -2.35. The van der Waals surface area contributed by atoms with Gasteiger partial charge in [0.2, 0.25) is 0 Å². The highest BCUT2D eigenvalue weighted by Gasteiger charge is 2.40. The van der Waals surface area contributed by atoms with E-state index in [2.05, 4.69) is 5.32 Å². The Balaban J connectivity index is 1.77. The van der Waals surface area contributed by atoms with E-state index < -0.39 is 11.5 Å². The molecule has 0 spiro atoms. The van der Waals surface area contributed by atoms with E-state index in [1.165, 1.54) is 12.8 Å². The fourth-order valence-electron chi connectivity index (χ4n) is 5.27. The lowest BCUT2D eigenvalue weighted by molar-refractivity contribution is -0.145. The molecule has 1 heterocycles. The van der Waals surface area contributed by atoms with Crippen LogP contribution in [-0.2, 0) is 20.9 Å². The monoisotopic (exact) mass is 499 g/mol. The van der Waals surface area contributed by atoms with Gasteiger partial charge in [-0.3, -0.25) is 0 Å². The molecule has 0 aromatic heterocycles. The molecule has 8 heteroatoms. The molecule has 2 aliphatic rings. The summed E-state index contributed by atoms with van der Waals surface area (Å²) in [5, 5.41) is 13.3. The van der Waals surface area contributed by atoms with Gasteiger partial charge in [-0.1, -0.05) is 18.9 Å². The third kappa shape index (κ3) is 5.25. The molecule has 8 nitrogen and oxygen atoms in total. The Morgan fingerprint density at radius 2 is 1.72 bits per heavy atom. The maximum atomic E-state index is 12.2. The summed E-state index contributed by atoms with van der Waals surface area (Å²) in [6.45, 7) is 3.16. The first kappa shape index (κ1) is 26.1. The van der Waals surface area contributed by atoms with Crippen LogP contribution in [0.1, 0.15) is 49.7 Å². The van der Waals surface area contributed by atoms with Crippen LogP contribution in [0, 0.1) is 6.92 Å². The second kappa shape index (κ2) is 11.4. The quantitative estimate of drug-likeness (QED) is 0.461. The number of rotatable bonds is 10. The summed E-state index contributed by atoms with van der Waals surface area (Å²) in [6.07, 6.45) is 5.52. The second-order valence-corrected chi connectivity index (χ2v) is 9.53. The number of carboxylic acid groups (broad SMARTS) is 1. The summed E-state index contributed by atoms with van der Waals surface area (Å²) in [6, 6.07) is 7.83. The van der Waals surface area contributed by atoms with Crippen LogP contribution < -0.4 is 19.5 Å². The molecule has 1 aliphatic heterocycles. The maximum Gasteiger partial charge on any atom is 0.329 e. The minimum atomic E-state index is -1.06. The number of carbonyl (C=O) groups is 1. The zero-order valence-corrected chi connectivity index (χ0v) is 21.6. The molecular formula is C28H37NO7. The van der Waals surface area contributed by atoms with Gasteiger partial charge in [0.1, 0.15) is 11.3 Å². The van der Waals surface area contributed by atoms with Crippen LogP contribution in [0.3, 0.4) is 0 Å². The van der Waals surface area contributed by atoms with Crippen LogP contribution >= 0.6 is 0 Å². The van der Waals surface area contributed by atoms with Crippen molar-refractivity contribution in [3.05, 3.63) is 35.4 Å². The molecule has 0 amide bonds. The molecule has 196 valence electrons. The summed E-state index contributed by atoms with van der Waals surface area (Å²) >= 11 is 0. The second-order valence-electron chi connectivity index (χ2n) is 9.53. The van der Waals surface area contributed by atoms with Gasteiger partial charge in [-0.05, 0) is 49.1 Å². The van der Waals surface area contributed by atoms with Gasteiger partial charge in [0.15, 0.2) is 11.5 Å². The Morgan fingerprint density at radius 1 is 1.03 bits per heavy atom. The number of carboxylic acids is 1. The molecule has 2 fully saturated rings. The van der Waals surface area contributed by atoms with E-state index in [9.17, 15) is 9.90 Å². The zero-order chi connectivity index (χ0) is 25.7. The molecule has 1 saturated heterocycles. The van der Waals surface area contributed by atoms with Crippen LogP contribution in [0.25, 0.3) is 11.1 Å². The lowest BCUT2D eigenvalue weighted by Crippen LogP contribution is -2.50. The summed E-state index contributed by atoms with van der Waals surface area (Å²) < 4.78 is 28.9. The largest absolute Gasteiger partial charge is 0.496 e. The summed E-state index contributed by atoms with van der Waals surface area (Å²) in [7, 11) is 4.87. The normalized spacial score (nSPS) is 17.6. The van der Waals surface area contributed by atoms with Crippen LogP contribution in [0.2, 0.25) is 0 Å². The number of ether oxygens (including phenoxy) is 5. The first-order valence-electron chi connectivity index (χ1n) is 12.6. The van der Waals surface area contributed by atoms with E-state index in [4.69, 9.17) is 23.7 Å². The van der Waals surface area contributed by atoms with Crippen molar-refractivity contribution in [1.82, 2.24) is 0 Å². The molecule has 0 bridgehead atoms. The SMILES string of the molecule is COc1cc(-c2ccc(NC3(C(=O)O)CCOCC3)cc2COC2CCCC2)c(OC)c(OC)c1C. The van der Waals surface area contributed by atoms with Gasteiger partial charge < -0.3 is 34.1 Å². The van der Waals surface area contributed by atoms with Crippen LogP contribution in [-0.4, -0.2) is 57.3 Å². The highest BCUT2D eigenvalue weighted by atomic mass is 16.5. The zero-order valence-electron chi connectivity index (χ0n) is 21.6. The number of hydrogen-bond donors (Lipinski definition) is 2. The van der Waals surface area contributed by atoms with Gasteiger partial charge in [-0.15, -0.1) is 0 Å². The Hall–Kier alpha value is -2.97. The van der Waals surface area contributed by atoms with Crippen molar-refractivity contribution in [2.45, 2.75) is 63.7 Å².